The number of hydrogen-bond acceptors (Lipinski definition) is 3. The molecule has 0 bridgehead atoms. The van der Waals surface area contributed by atoms with Gasteiger partial charge in [-0.15, -0.1) is 0 Å². The van der Waals surface area contributed by atoms with Crippen molar-refractivity contribution in [1.29, 1.82) is 0 Å². The zero-order valence-electron chi connectivity index (χ0n) is 14.8. The Hall–Kier alpha value is -2.34. The molecule has 0 aromatic heterocycles. The number of carbonyl (C=O) groups excluding carboxylic acids is 1. The van der Waals surface area contributed by atoms with Crippen LogP contribution in [0.4, 0.5) is 18.9 Å². The second kappa shape index (κ2) is 6.37. The van der Waals surface area contributed by atoms with Crippen molar-refractivity contribution in [2.24, 2.45) is 5.92 Å². The van der Waals surface area contributed by atoms with Crippen LogP contribution < -0.4 is 4.90 Å². The van der Waals surface area contributed by atoms with Gasteiger partial charge in [0.25, 0.3) is 0 Å². The van der Waals surface area contributed by atoms with E-state index >= 15 is 0 Å². The molecule has 3 nitrogen and oxygen atoms in total. The van der Waals surface area contributed by atoms with E-state index < -0.39 is 18.0 Å². The summed E-state index contributed by atoms with van der Waals surface area (Å²) in [5, 5.41) is 10.7. The Labute approximate surface area is 155 Å². The van der Waals surface area contributed by atoms with Gasteiger partial charge < -0.3 is 10.0 Å². The molecule has 4 rings (SSSR count). The van der Waals surface area contributed by atoms with E-state index in [1.807, 2.05) is 18.2 Å². The number of benzene rings is 2. The summed E-state index contributed by atoms with van der Waals surface area (Å²) in [6.45, 7) is 2.15. The molecule has 1 unspecified atom stereocenters. The van der Waals surface area contributed by atoms with Crippen LogP contribution in [0.3, 0.4) is 0 Å². The first-order valence-electron chi connectivity index (χ1n) is 9.01. The van der Waals surface area contributed by atoms with Gasteiger partial charge in [-0.25, -0.2) is 0 Å². The minimum Gasteiger partial charge on any atom is -0.369 e. The van der Waals surface area contributed by atoms with Crippen molar-refractivity contribution in [2.45, 2.75) is 44.6 Å². The zero-order valence-corrected chi connectivity index (χ0v) is 14.8. The number of fused-ring (bicyclic) bond motifs is 1. The molecule has 1 aliphatic heterocycles. The number of aliphatic hydroxyl groups is 1. The molecule has 0 saturated heterocycles. The van der Waals surface area contributed by atoms with Gasteiger partial charge in [0, 0.05) is 23.4 Å². The molecule has 0 radical (unpaired) electrons. The largest absolute Gasteiger partial charge is 0.416 e. The van der Waals surface area contributed by atoms with Crippen LogP contribution >= 0.6 is 0 Å². The maximum Gasteiger partial charge on any atom is 0.416 e. The monoisotopic (exact) mass is 375 g/mol. The van der Waals surface area contributed by atoms with Crippen molar-refractivity contribution >= 4 is 12.0 Å². The summed E-state index contributed by atoms with van der Waals surface area (Å²) in [6.07, 6.45) is -3.21. The molecule has 2 aromatic rings. The van der Waals surface area contributed by atoms with E-state index in [4.69, 9.17) is 0 Å². The number of nitrogens with zero attached hydrogens (tertiary/aromatic N) is 1. The fourth-order valence-electron chi connectivity index (χ4n) is 4.23. The zero-order chi connectivity index (χ0) is 19.3. The topological polar surface area (TPSA) is 40.5 Å². The Morgan fingerprint density at radius 1 is 1.19 bits per heavy atom. The molecule has 1 heterocycles. The standard InChI is InChI=1S/C21H20F3NO2/c1-12-5-15(6-12)14-3-2-4-16(9-14)25-10-18-17(20(25)27)7-13(11-26)8-19(18)21(22,23)24/h2-4,7-9,11-12,15,20,27H,5-6,10H2,1H3. The van der Waals surface area contributed by atoms with Gasteiger partial charge in [-0.2, -0.15) is 13.2 Å². The lowest BCUT2D eigenvalue weighted by molar-refractivity contribution is -0.138. The van der Waals surface area contributed by atoms with Crippen LogP contribution in [0.2, 0.25) is 0 Å². The van der Waals surface area contributed by atoms with Gasteiger partial charge in [-0.3, -0.25) is 4.79 Å². The summed E-state index contributed by atoms with van der Waals surface area (Å²) in [5.41, 5.74) is 1.08. The third-order valence-electron chi connectivity index (χ3n) is 5.70. The minimum absolute atomic E-state index is 0.0308. The highest BCUT2D eigenvalue weighted by Crippen LogP contribution is 2.45. The van der Waals surface area contributed by atoms with E-state index in [-0.39, 0.29) is 23.2 Å². The Morgan fingerprint density at radius 3 is 2.56 bits per heavy atom. The average molecular weight is 375 g/mol. The van der Waals surface area contributed by atoms with Gasteiger partial charge in [0.05, 0.1) is 5.56 Å². The van der Waals surface area contributed by atoms with E-state index in [2.05, 4.69) is 6.92 Å². The first-order chi connectivity index (χ1) is 12.8. The van der Waals surface area contributed by atoms with Gasteiger partial charge >= 0.3 is 6.18 Å². The number of rotatable bonds is 3. The quantitative estimate of drug-likeness (QED) is 0.764. The molecule has 0 amide bonds. The number of alkyl halides is 3. The summed E-state index contributed by atoms with van der Waals surface area (Å²) in [5.74, 6) is 1.16. The number of aliphatic hydroxyl groups excluding tert-OH is 1. The van der Waals surface area contributed by atoms with Crippen LogP contribution in [0.25, 0.3) is 0 Å². The van der Waals surface area contributed by atoms with Crippen LogP contribution in [-0.2, 0) is 12.7 Å². The molecule has 6 heteroatoms. The fraction of sp³-hybridized carbons (Fsp3) is 0.381. The number of aldehydes is 1. The highest BCUT2D eigenvalue weighted by molar-refractivity contribution is 5.77. The summed E-state index contributed by atoms with van der Waals surface area (Å²) < 4.78 is 40.4. The smallest absolute Gasteiger partial charge is 0.369 e. The number of hydrogen-bond donors (Lipinski definition) is 1. The predicted molar refractivity (Wildman–Crippen MR) is 95.6 cm³/mol. The molecule has 1 atom stereocenters. The number of halogens is 3. The highest BCUT2D eigenvalue weighted by Gasteiger charge is 2.40. The van der Waals surface area contributed by atoms with Crippen molar-refractivity contribution in [3.8, 4) is 0 Å². The summed E-state index contributed by atoms with van der Waals surface area (Å²) in [7, 11) is 0. The third-order valence-corrected chi connectivity index (χ3v) is 5.70. The van der Waals surface area contributed by atoms with Crippen molar-refractivity contribution in [3.63, 3.8) is 0 Å². The maximum atomic E-state index is 13.5. The van der Waals surface area contributed by atoms with Crippen LogP contribution in [0, 0.1) is 5.92 Å². The normalized spacial score (nSPS) is 24.5. The lowest BCUT2D eigenvalue weighted by Gasteiger charge is -2.34. The van der Waals surface area contributed by atoms with Gasteiger partial charge in [0.2, 0.25) is 0 Å². The lowest BCUT2D eigenvalue weighted by atomic mass is 9.72. The predicted octanol–water partition coefficient (Wildman–Crippen LogP) is 5.04. The first kappa shape index (κ1) is 18.0. The first-order valence-corrected chi connectivity index (χ1v) is 9.01. The Balaban J connectivity index is 1.71. The van der Waals surface area contributed by atoms with Crippen LogP contribution in [-0.4, -0.2) is 11.4 Å². The molecule has 0 spiro atoms. The summed E-state index contributed by atoms with van der Waals surface area (Å²) >= 11 is 0. The van der Waals surface area contributed by atoms with Gasteiger partial charge in [0.15, 0.2) is 6.23 Å². The molecule has 1 N–H and O–H groups in total. The van der Waals surface area contributed by atoms with Crippen molar-refractivity contribution in [3.05, 3.63) is 64.2 Å². The van der Waals surface area contributed by atoms with Crippen LogP contribution in [0.1, 0.15) is 64.5 Å². The van der Waals surface area contributed by atoms with Gasteiger partial charge in [0.1, 0.15) is 6.29 Å². The SMILES string of the molecule is CC1CC(c2cccc(N3Cc4c(cc(C=O)cc4C(F)(F)F)C3O)c2)C1. The summed E-state index contributed by atoms with van der Waals surface area (Å²) in [6, 6.07) is 9.87. The van der Waals surface area contributed by atoms with E-state index in [9.17, 15) is 23.1 Å². The molecule has 2 aromatic carbocycles. The van der Waals surface area contributed by atoms with Gasteiger partial charge in [-0.1, -0.05) is 19.1 Å². The van der Waals surface area contributed by atoms with Crippen molar-refractivity contribution < 1.29 is 23.1 Å². The van der Waals surface area contributed by atoms with E-state index in [1.54, 1.807) is 11.0 Å². The molecule has 2 aliphatic rings. The Kier molecular flexibility index (Phi) is 4.26. The highest BCUT2D eigenvalue weighted by atomic mass is 19.4. The van der Waals surface area contributed by atoms with E-state index in [1.165, 1.54) is 6.07 Å². The Bertz CT molecular complexity index is 887. The average Bonchev–Trinajstić information content (AvgIpc) is 2.94. The van der Waals surface area contributed by atoms with Crippen molar-refractivity contribution in [2.75, 3.05) is 4.90 Å². The number of carbonyl (C=O) groups is 1. The van der Waals surface area contributed by atoms with Crippen molar-refractivity contribution in [1.82, 2.24) is 0 Å². The van der Waals surface area contributed by atoms with E-state index in [0.717, 1.165) is 24.5 Å². The van der Waals surface area contributed by atoms with Crippen LogP contribution in [0.15, 0.2) is 36.4 Å². The molecule has 142 valence electrons. The number of anilines is 1. The maximum absolute atomic E-state index is 13.5. The molecular formula is C21H20F3NO2. The lowest BCUT2D eigenvalue weighted by Crippen LogP contribution is -2.22. The minimum atomic E-state index is -4.58. The third kappa shape index (κ3) is 3.12. The fourth-order valence-corrected chi connectivity index (χ4v) is 4.23. The van der Waals surface area contributed by atoms with E-state index in [0.29, 0.717) is 23.8 Å². The molecular weight excluding hydrogens is 355 g/mol. The second-order valence-corrected chi connectivity index (χ2v) is 7.62. The Morgan fingerprint density at radius 2 is 1.93 bits per heavy atom. The summed E-state index contributed by atoms with van der Waals surface area (Å²) in [4.78, 5) is 12.6. The molecule has 1 saturated carbocycles. The molecule has 1 fully saturated rings. The van der Waals surface area contributed by atoms with Gasteiger partial charge in [-0.05, 0) is 60.1 Å². The van der Waals surface area contributed by atoms with Crippen LogP contribution in [0.5, 0.6) is 0 Å². The second-order valence-electron chi connectivity index (χ2n) is 7.62. The molecule has 1 aliphatic carbocycles. The molecule has 27 heavy (non-hydrogen) atoms.